The van der Waals surface area contributed by atoms with Crippen LogP contribution >= 0.6 is 0 Å². The third-order valence-electron chi connectivity index (χ3n) is 4.88. The van der Waals surface area contributed by atoms with Crippen LogP contribution in [0.2, 0.25) is 0 Å². The first-order chi connectivity index (χ1) is 15.0. The summed E-state index contributed by atoms with van der Waals surface area (Å²) in [6, 6.07) is 19.7. The van der Waals surface area contributed by atoms with E-state index in [1.54, 1.807) is 18.2 Å². The van der Waals surface area contributed by atoms with Crippen LogP contribution in [0.3, 0.4) is 0 Å². The number of hydrogen-bond acceptors (Lipinski definition) is 6. The molecule has 0 spiro atoms. The number of nitrogens with one attached hydrogen (secondary N) is 1. The smallest absolute Gasteiger partial charge is 0.433 e. The molecule has 5 rings (SSSR count). The molecule has 0 aliphatic rings. The molecule has 31 heavy (non-hydrogen) atoms. The Morgan fingerprint density at radius 3 is 2.58 bits per heavy atom. The molecular weight excluding hydrogens is 398 g/mol. The average molecular weight is 413 g/mol. The van der Waals surface area contributed by atoms with Gasteiger partial charge in [-0.2, -0.15) is 0 Å². The van der Waals surface area contributed by atoms with Gasteiger partial charge in [-0.15, -0.1) is 0 Å². The summed E-state index contributed by atoms with van der Waals surface area (Å²) in [4.78, 5) is 26.8. The number of nitro groups is 1. The van der Waals surface area contributed by atoms with Crippen molar-refractivity contribution in [3.8, 4) is 11.5 Å². The minimum atomic E-state index is -0.701. The van der Waals surface area contributed by atoms with Gasteiger partial charge >= 0.3 is 5.88 Å². The normalized spacial score (nSPS) is 11.1. The number of aryl methyl sites for hydroxylation is 1. The van der Waals surface area contributed by atoms with E-state index in [4.69, 9.17) is 8.83 Å². The van der Waals surface area contributed by atoms with Gasteiger partial charge in [0.25, 0.3) is 5.91 Å². The third kappa shape index (κ3) is 3.51. The van der Waals surface area contributed by atoms with E-state index in [0.717, 1.165) is 22.4 Å². The van der Waals surface area contributed by atoms with Crippen molar-refractivity contribution in [2.24, 2.45) is 0 Å². The summed E-state index contributed by atoms with van der Waals surface area (Å²) < 4.78 is 10.8. The quantitative estimate of drug-likeness (QED) is 0.298. The van der Waals surface area contributed by atoms with Gasteiger partial charge in [0.15, 0.2) is 11.3 Å². The zero-order valence-corrected chi connectivity index (χ0v) is 16.3. The molecule has 0 fully saturated rings. The molecule has 8 heteroatoms. The molecule has 1 N–H and O–H groups in total. The zero-order valence-electron chi connectivity index (χ0n) is 16.3. The molecule has 2 heterocycles. The lowest BCUT2D eigenvalue weighted by molar-refractivity contribution is -0.402. The monoisotopic (exact) mass is 413 g/mol. The van der Waals surface area contributed by atoms with E-state index in [0.29, 0.717) is 22.7 Å². The summed E-state index contributed by atoms with van der Waals surface area (Å²) in [6.45, 7) is 2.05. The first kappa shape index (κ1) is 18.6. The number of aromatic nitrogens is 1. The summed E-state index contributed by atoms with van der Waals surface area (Å²) in [6.07, 6.45) is 0. The van der Waals surface area contributed by atoms with Crippen LogP contribution in [0.15, 0.2) is 75.6 Å². The van der Waals surface area contributed by atoms with Crippen LogP contribution in [0.4, 0.5) is 11.6 Å². The van der Waals surface area contributed by atoms with E-state index in [1.807, 2.05) is 18.2 Å². The lowest BCUT2D eigenvalue weighted by Gasteiger charge is -2.01. The Hall–Kier alpha value is -4.46. The molecule has 0 unspecified atom stereocenters. The molecule has 0 saturated carbocycles. The summed E-state index contributed by atoms with van der Waals surface area (Å²) in [5.41, 5.74) is 3.65. The number of fused-ring (bicyclic) bond motifs is 2. The number of rotatable bonds is 4. The fourth-order valence-corrected chi connectivity index (χ4v) is 3.37. The van der Waals surface area contributed by atoms with E-state index in [9.17, 15) is 14.9 Å². The number of amides is 1. The summed E-state index contributed by atoms with van der Waals surface area (Å²) in [5.74, 6) is -0.769. The van der Waals surface area contributed by atoms with Gasteiger partial charge in [-0.1, -0.05) is 29.8 Å². The highest BCUT2D eigenvalue weighted by Crippen LogP contribution is 2.29. The largest absolute Gasteiger partial charge is 0.436 e. The van der Waals surface area contributed by atoms with Crippen LogP contribution in [-0.2, 0) is 0 Å². The van der Waals surface area contributed by atoms with Crippen molar-refractivity contribution in [2.45, 2.75) is 6.92 Å². The van der Waals surface area contributed by atoms with Crippen molar-refractivity contribution in [3.63, 3.8) is 0 Å². The maximum absolute atomic E-state index is 12.3. The number of carbonyl (C=O) groups is 1. The highest BCUT2D eigenvalue weighted by molar-refractivity contribution is 6.03. The highest BCUT2D eigenvalue weighted by atomic mass is 16.6. The molecule has 0 aliphatic carbocycles. The third-order valence-corrected chi connectivity index (χ3v) is 4.88. The average Bonchev–Trinajstić information content (AvgIpc) is 3.40. The summed E-state index contributed by atoms with van der Waals surface area (Å²) in [5, 5.41) is 15.6. The Morgan fingerprint density at radius 1 is 0.968 bits per heavy atom. The van der Waals surface area contributed by atoms with Gasteiger partial charge in [0.05, 0.1) is 6.07 Å². The fraction of sp³-hybridized carbons (Fsp3) is 0.0435. The Kier molecular flexibility index (Phi) is 4.25. The number of nitrogens with zero attached hydrogens (tertiary/aromatic N) is 2. The van der Waals surface area contributed by atoms with Gasteiger partial charge in [-0.25, -0.2) is 4.98 Å². The van der Waals surface area contributed by atoms with Gasteiger partial charge in [0.1, 0.15) is 10.4 Å². The molecule has 2 aromatic heterocycles. The first-order valence-electron chi connectivity index (χ1n) is 9.43. The number of oxazole rings is 1. The molecule has 152 valence electrons. The van der Waals surface area contributed by atoms with Gasteiger partial charge in [0, 0.05) is 11.3 Å². The lowest BCUT2D eigenvalue weighted by atomic mass is 10.0. The molecule has 0 atom stereocenters. The van der Waals surface area contributed by atoms with Crippen LogP contribution < -0.4 is 5.32 Å². The standard InChI is InChI=1S/C23H15N3O5/c1-13-2-3-15-11-16(5-4-14(15)10-13)23-25-18-12-17(6-7-19(18)31-23)24-22(27)20-8-9-21(30-20)26(28)29/h2-12H,1H3,(H,24,27). The van der Waals surface area contributed by atoms with Crippen LogP contribution in [0.25, 0.3) is 33.3 Å². The van der Waals surface area contributed by atoms with Crippen molar-refractivity contribution in [3.05, 3.63) is 88.2 Å². The molecule has 0 radical (unpaired) electrons. The Morgan fingerprint density at radius 2 is 1.77 bits per heavy atom. The molecular formula is C23H15N3O5. The van der Waals surface area contributed by atoms with Gasteiger partial charge in [0.2, 0.25) is 5.89 Å². The van der Waals surface area contributed by atoms with Crippen LogP contribution in [0, 0.1) is 17.0 Å². The number of anilines is 1. The van der Waals surface area contributed by atoms with Crippen molar-refractivity contribution >= 4 is 39.4 Å². The molecule has 1 amide bonds. The Bertz CT molecular complexity index is 1480. The van der Waals surface area contributed by atoms with Gasteiger partial charge in [-0.3, -0.25) is 14.9 Å². The fourth-order valence-electron chi connectivity index (χ4n) is 3.37. The molecule has 0 bridgehead atoms. The summed E-state index contributed by atoms with van der Waals surface area (Å²) >= 11 is 0. The number of hydrogen-bond donors (Lipinski definition) is 1. The van der Waals surface area contributed by atoms with Crippen LogP contribution in [-0.4, -0.2) is 15.8 Å². The predicted molar refractivity (Wildman–Crippen MR) is 115 cm³/mol. The van der Waals surface area contributed by atoms with E-state index in [1.165, 1.54) is 11.6 Å². The predicted octanol–water partition coefficient (Wildman–Crippen LogP) is 5.71. The minimum absolute atomic E-state index is 0.154. The number of furan rings is 1. The summed E-state index contributed by atoms with van der Waals surface area (Å²) in [7, 11) is 0. The number of carbonyl (C=O) groups excluding carboxylic acids is 1. The zero-order chi connectivity index (χ0) is 21.5. The Balaban J connectivity index is 1.42. The second-order valence-electron chi connectivity index (χ2n) is 7.12. The number of benzene rings is 3. The van der Waals surface area contributed by atoms with Crippen molar-refractivity contribution in [1.82, 2.24) is 4.98 Å². The molecule has 8 nitrogen and oxygen atoms in total. The maximum Gasteiger partial charge on any atom is 0.433 e. The molecule has 3 aromatic carbocycles. The minimum Gasteiger partial charge on any atom is -0.436 e. The van der Waals surface area contributed by atoms with E-state index in [-0.39, 0.29) is 5.76 Å². The van der Waals surface area contributed by atoms with E-state index >= 15 is 0 Å². The first-order valence-corrected chi connectivity index (χ1v) is 9.43. The second kappa shape index (κ2) is 7.10. The van der Waals surface area contributed by atoms with E-state index < -0.39 is 16.7 Å². The molecule has 0 aliphatic heterocycles. The maximum atomic E-state index is 12.3. The molecule has 0 saturated heterocycles. The van der Waals surface area contributed by atoms with Gasteiger partial charge in [-0.05, 0) is 54.1 Å². The van der Waals surface area contributed by atoms with E-state index in [2.05, 4.69) is 35.4 Å². The van der Waals surface area contributed by atoms with Crippen molar-refractivity contribution in [1.29, 1.82) is 0 Å². The van der Waals surface area contributed by atoms with Gasteiger partial charge < -0.3 is 14.2 Å². The highest BCUT2D eigenvalue weighted by Gasteiger charge is 2.18. The van der Waals surface area contributed by atoms with Crippen LogP contribution in [0.1, 0.15) is 16.1 Å². The molecule has 5 aromatic rings. The topological polar surface area (TPSA) is 111 Å². The lowest BCUT2D eigenvalue weighted by Crippen LogP contribution is -2.10. The van der Waals surface area contributed by atoms with Crippen molar-refractivity contribution in [2.75, 3.05) is 5.32 Å². The van der Waals surface area contributed by atoms with Crippen LogP contribution in [0.5, 0.6) is 0 Å². The SMILES string of the molecule is Cc1ccc2cc(-c3nc4cc(NC(=O)c5ccc([N+](=O)[O-])o5)ccc4o3)ccc2c1. The second-order valence-corrected chi connectivity index (χ2v) is 7.12. The Labute approximate surface area is 175 Å². The van der Waals surface area contributed by atoms with Crippen molar-refractivity contribution < 1.29 is 18.6 Å².